The van der Waals surface area contributed by atoms with Gasteiger partial charge in [-0.3, -0.25) is 0 Å². The lowest BCUT2D eigenvalue weighted by atomic mass is 10.7. The van der Waals surface area contributed by atoms with Crippen LogP contribution in [-0.4, -0.2) is 29.6 Å². The van der Waals surface area contributed by atoms with E-state index < -0.39 is 8.80 Å². The fraction of sp³-hybridized carbons (Fsp3) is 0.429. The van der Waals surface area contributed by atoms with E-state index in [0.29, 0.717) is 6.61 Å². The summed E-state index contributed by atoms with van der Waals surface area (Å²) < 4.78 is 15.4. The highest BCUT2D eigenvalue weighted by molar-refractivity contribution is 6.66. The molecule has 0 N–H and O–H groups in total. The van der Waals surface area contributed by atoms with Gasteiger partial charge in [0.15, 0.2) is 0 Å². The molecule has 64 valence electrons. The maximum Gasteiger partial charge on any atom is 0.528 e. The van der Waals surface area contributed by atoms with Crippen molar-refractivity contribution in [3.63, 3.8) is 0 Å². The second-order valence-electron chi connectivity index (χ2n) is 1.82. The van der Waals surface area contributed by atoms with Crippen LogP contribution in [-0.2, 0) is 13.3 Å². The zero-order valence-electron chi connectivity index (χ0n) is 7.00. The highest BCUT2D eigenvalue weighted by atomic mass is 28.4. The Hall–Kier alpha value is -0.423. The SMILES string of the molecule is C=CCO[Si](C=C)(OC)OC. The molecule has 0 amide bonds. The van der Waals surface area contributed by atoms with Gasteiger partial charge in [-0.25, -0.2) is 0 Å². The van der Waals surface area contributed by atoms with Gasteiger partial charge in [-0.05, 0) is 5.70 Å². The maximum atomic E-state index is 5.28. The molecule has 0 saturated carbocycles. The lowest BCUT2D eigenvalue weighted by Crippen LogP contribution is -2.41. The van der Waals surface area contributed by atoms with Crippen LogP contribution in [0.1, 0.15) is 0 Å². The molecule has 0 aliphatic heterocycles. The Kier molecular flexibility index (Phi) is 5.05. The van der Waals surface area contributed by atoms with Gasteiger partial charge in [0.1, 0.15) is 0 Å². The number of hydrogen-bond donors (Lipinski definition) is 0. The second-order valence-corrected chi connectivity index (χ2v) is 4.54. The molecule has 3 nitrogen and oxygen atoms in total. The first-order valence-electron chi connectivity index (χ1n) is 3.23. The average Bonchev–Trinajstić information content (AvgIpc) is 2.08. The summed E-state index contributed by atoms with van der Waals surface area (Å²) in [5.74, 6) is 0. The molecule has 0 aromatic carbocycles. The highest BCUT2D eigenvalue weighted by Gasteiger charge is 2.34. The van der Waals surface area contributed by atoms with E-state index in [9.17, 15) is 0 Å². The first-order chi connectivity index (χ1) is 5.24. The van der Waals surface area contributed by atoms with Crippen LogP contribution in [0.25, 0.3) is 0 Å². The lowest BCUT2D eigenvalue weighted by Gasteiger charge is -2.21. The second kappa shape index (κ2) is 5.26. The third-order valence-corrected chi connectivity index (χ3v) is 3.43. The maximum absolute atomic E-state index is 5.28. The van der Waals surface area contributed by atoms with E-state index in [-0.39, 0.29) is 0 Å². The standard InChI is InChI=1S/C7H14O3Si/c1-5-7-10-11(6-2,8-3)9-4/h5-6H,1-2,7H2,3-4H3. The van der Waals surface area contributed by atoms with Gasteiger partial charge >= 0.3 is 8.80 Å². The van der Waals surface area contributed by atoms with E-state index in [1.807, 2.05) is 0 Å². The third-order valence-electron chi connectivity index (χ3n) is 1.22. The molecule has 0 aliphatic rings. The van der Waals surface area contributed by atoms with Gasteiger partial charge in [-0.1, -0.05) is 12.7 Å². The van der Waals surface area contributed by atoms with E-state index in [1.54, 1.807) is 26.0 Å². The van der Waals surface area contributed by atoms with Crippen molar-refractivity contribution in [2.45, 2.75) is 0 Å². The molecule has 0 rings (SSSR count). The van der Waals surface area contributed by atoms with Gasteiger partial charge in [0.25, 0.3) is 0 Å². The zero-order valence-corrected chi connectivity index (χ0v) is 8.00. The van der Waals surface area contributed by atoms with Crippen LogP contribution >= 0.6 is 0 Å². The summed E-state index contributed by atoms with van der Waals surface area (Å²) in [7, 11) is 0.539. The number of hydrogen-bond acceptors (Lipinski definition) is 3. The molecule has 0 atom stereocenters. The Bertz CT molecular complexity index is 132. The van der Waals surface area contributed by atoms with Crippen molar-refractivity contribution in [1.29, 1.82) is 0 Å². The normalized spacial score (nSPS) is 11.1. The van der Waals surface area contributed by atoms with Crippen LogP contribution in [0, 0.1) is 0 Å². The van der Waals surface area contributed by atoms with Crippen LogP contribution in [0.3, 0.4) is 0 Å². The van der Waals surface area contributed by atoms with Gasteiger partial charge in [0.2, 0.25) is 0 Å². The summed E-state index contributed by atoms with van der Waals surface area (Å²) in [6, 6.07) is 0. The molecule has 0 aromatic rings. The largest absolute Gasteiger partial charge is 0.528 e. The third kappa shape index (κ3) is 2.98. The molecule has 0 saturated heterocycles. The molecule has 0 unspecified atom stereocenters. The topological polar surface area (TPSA) is 27.7 Å². The Morgan fingerprint density at radius 1 is 1.27 bits per heavy atom. The summed E-state index contributed by atoms with van der Waals surface area (Å²) >= 11 is 0. The van der Waals surface area contributed by atoms with Crippen LogP contribution in [0.5, 0.6) is 0 Å². The predicted octanol–water partition coefficient (Wildman–Crippen LogP) is 1.15. The lowest BCUT2D eigenvalue weighted by molar-refractivity contribution is 0.124. The summed E-state index contributed by atoms with van der Waals surface area (Å²) in [5.41, 5.74) is 1.58. The molecule has 0 fully saturated rings. The first kappa shape index (κ1) is 10.6. The molecule has 0 aliphatic carbocycles. The highest BCUT2D eigenvalue weighted by Crippen LogP contribution is 2.07. The molecule has 0 heterocycles. The molecule has 0 bridgehead atoms. The van der Waals surface area contributed by atoms with E-state index in [0.717, 1.165) is 0 Å². The van der Waals surface area contributed by atoms with E-state index in [4.69, 9.17) is 13.3 Å². The van der Waals surface area contributed by atoms with Crippen LogP contribution < -0.4 is 0 Å². The molecule has 0 aromatic heterocycles. The molecular formula is C7H14O3Si. The van der Waals surface area contributed by atoms with Crippen molar-refractivity contribution in [1.82, 2.24) is 0 Å². The summed E-state index contributed by atoms with van der Waals surface area (Å²) in [4.78, 5) is 0. The Morgan fingerprint density at radius 3 is 2.09 bits per heavy atom. The molecule has 4 heteroatoms. The smallest absolute Gasteiger partial charge is 0.374 e. The van der Waals surface area contributed by atoms with Crippen LogP contribution in [0.15, 0.2) is 24.9 Å². The van der Waals surface area contributed by atoms with Crippen molar-refractivity contribution < 1.29 is 13.3 Å². The van der Waals surface area contributed by atoms with Crippen LogP contribution in [0.4, 0.5) is 0 Å². The van der Waals surface area contributed by atoms with Crippen molar-refractivity contribution in [3.8, 4) is 0 Å². The summed E-state index contributed by atoms with van der Waals surface area (Å²) in [5, 5.41) is 0. The minimum absolute atomic E-state index is 0.417. The minimum Gasteiger partial charge on any atom is -0.374 e. The predicted molar refractivity (Wildman–Crippen MR) is 46.1 cm³/mol. The quantitative estimate of drug-likeness (QED) is 0.446. The van der Waals surface area contributed by atoms with Crippen molar-refractivity contribution in [3.05, 3.63) is 24.9 Å². The van der Waals surface area contributed by atoms with Crippen molar-refractivity contribution in [2.24, 2.45) is 0 Å². The average molecular weight is 174 g/mol. The van der Waals surface area contributed by atoms with Crippen LogP contribution in [0.2, 0.25) is 0 Å². The molecule has 11 heavy (non-hydrogen) atoms. The fourth-order valence-electron chi connectivity index (χ4n) is 0.602. The van der Waals surface area contributed by atoms with E-state index in [2.05, 4.69) is 13.2 Å². The van der Waals surface area contributed by atoms with Gasteiger partial charge in [0.05, 0.1) is 6.61 Å². The Balaban J connectivity index is 4.04. The minimum atomic E-state index is -2.55. The Morgan fingerprint density at radius 2 is 1.82 bits per heavy atom. The van der Waals surface area contributed by atoms with E-state index >= 15 is 0 Å². The molecule has 0 spiro atoms. The molecule has 0 radical (unpaired) electrons. The summed E-state index contributed by atoms with van der Waals surface area (Å²) in [6.45, 7) is 7.52. The number of rotatable bonds is 6. The fourth-order valence-corrected chi connectivity index (χ4v) is 1.81. The van der Waals surface area contributed by atoms with Gasteiger partial charge < -0.3 is 13.3 Å². The van der Waals surface area contributed by atoms with E-state index in [1.165, 1.54) is 0 Å². The monoisotopic (exact) mass is 174 g/mol. The van der Waals surface area contributed by atoms with Gasteiger partial charge in [-0.15, -0.1) is 6.58 Å². The summed E-state index contributed by atoms with van der Waals surface area (Å²) in [6.07, 6.45) is 1.64. The zero-order chi connectivity index (χ0) is 8.74. The Labute approximate surface area is 68.6 Å². The van der Waals surface area contributed by atoms with Gasteiger partial charge in [-0.2, -0.15) is 0 Å². The van der Waals surface area contributed by atoms with Gasteiger partial charge in [0, 0.05) is 14.2 Å². The van der Waals surface area contributed by atoms with Crippen molar-refractivity contribution in [2.75, 3.05) is 20.8 Å². The van der Waals surface area contributed by atoms with Crippen molar-refractivity contribution >= 4 is 8.80 Å². The molecular weight excluding hydrogens is 160 g/mol. The first-order valence-corrected chi connectivity index (χ1v) is 5.03.